The van der Waals surface area contributed by atoms with Crippen molar-refractivity contribution in [3.8, 4) is 0 Å². The van der Waals surface area contributed by atoms with Gasteiger partial charge < -0.3 is 10.0 Å². The van der Waals surface area contributed by atoms with Gasteiger partial charge in [0.05, 0.1) is 0 Å². The molecule has 1 aromatic carbocycles. The second-order valence-electron chi connectivity index (χ2n) is 4.05. The van der Waals surface area contributed by atoms with Gasteiger partial charge in [0.1, 0.15) is 0 Å². The van der Waals surface area contributed by atoms with Crippen LogP contribution in [0.1, 0.15) is 32.3 Å². The third-order valence-electron chi connectivity index (χ3n) is 2.69. The summed E-state index contributed by atoms with van der Waals surface area (Å²) in [5, 5.41) is 3.27. The lowest BCUT2D eigenvalue weighted by Gasteiger charge is -2.13. The Morgan fingerprint density at radius 1 is 1.29 bits per heavy atom. The van der Waals surface area contributed by atoms with E-state index < -0.39 is 0 Å². The molecule has 0 aliphatic heterocycles. The molecule has 3 heteroatoms. The molecule has 2 N–H and O–H groups in total. The van der Waals surface area contributed by atoms with Crippen LogP contribution in [0.5, 0.6) is 0 Å². The number of aryl methyl sites for hydroxylation is 1. The van der Waals surface area contributed by atoms with E-state index >= 15 is 0 Å². The van der Waals surface area contributed by atoms with Crippen LogP contribution < -0.4 is 10.0 Å². The summed E-state index contributed by atoms with van der Waals surface area (Å²) >= 11 is 1.68. The Balaban J connectivity index is 2.64. The van der Waals surface area contributed by atoms with E-state index in [-0.39, 0.29) is 0 Å². The summed E-state index contributed by atoms with van der Waals surface area (Å²) in [4.78, 5) is 1.30. The molecule has 1 rings (SSSR count). The van der Waals surface area contributed by atoms with Crippen LogP contribution in [-0.2, 0) is 0 Å². The maximum Gasteiger partial charge on any atom is 0.0472 e. The number of rotatable bonds is 6. The van der Waals surface area contributed by atoms with E-state index in [2.05, 4.69) is 55.1 Å². The fourth-order valence-electron chi connectivity index (χ4n) is 1.61. The molecule has 0 amide bonds. The molecule has 1 aromatic rings. The Bertz CT molecular complexity index is 386. The van der Waals surface area contributed by atoms with Gasteiger partial charge in [-0.1, -0.05) is 31.5 Å². The van der Waals surface area contributed by atoms with Gasteiger partial charge in [-0.05, 0) is 43.8 Å². The van der Waals surface area contributed by atoms with E-state index in [1.54, 1.807) is 11.9 Å². The lowest BCUT2D eigenvalue weighted by molar-refractivity contribution is 0.810. The minimum atomic E-state index is 1.10. The highest BCUT2D eigenvalue weighted by Gasteiger charge is 2.02. The molecule has 0 saturated carbocycles. The number of benzene rings is 1. The standard InChI is InChI=1S/C14H22N2S/c1-5-8-14(15-4)12(3)17-16-13-10-7-6-9-11(13)2/h6-7,9-10,15-16H,5,8H2,1-4H3/b14-12-. The molecular weight excluding hydrogens is 228 g/mol. The van der Waals surface area contributed by atoms with E-state index in [1.807, 2.05) is 7.05 Å². The molecule has 2 nitrogen and oxygen atoms in total. The van der Waals surface area contributed by atoms with Crippen LogP contribution in [0, 0.1) is 6.92 Å². The van der Waals surface area contributed by atoms with Crippen LogP contribution >= 0.6 is 11.9 Å². The van der Waals surface area contributed by atoms with Crippen molar-refractivity contribution in [2.45, 2.75) is 33.6 Å². The Morgan fingerprint density at radius 2 is 2.00 bits per heavy atom. The number of nitrogens with one attached hydrogen (secondary N) is 2. The minimum Gasteiger partial charge on any atom is -0.391 e. The van der Waals surface area contributed by atoms with Crippen LogP contribution in [0.2, 0.25) is 0 Å². The highest BCUT2D eigenvalue weighted by Crippen LogP contribution is 2.24. The molecule has 0 bridgehead atoms. The summed E-state index contributed by atoms with van der Waals surface area (Å²) in [5.74, 6) is 0. The summed E-state index contributed by atoms with van der Waals surface area (Å²) in [5.41, 5.74) is 3.77. The van der Waals surface area contributed by atoms with Gasteiger partial charge in [0.25, 0.3) is 0 Å². The summed E-state index contributed by atoms with van der Waals surface area (Å²) in [6.07, 6.45) is 2.27. The Kier molecular flexibility index (Phi) is 5.98. The fraction of sp³-hybridized carbons (Fsp3) is 0.429. The van der Waals surface area contributed by atoms with Gasteiger partial charge in [-0.2, -0.15) is 0 Å². The fourth-order valence-corrected chi connectivity index (χ4v) is 2.43. The van der Waals surface area contributed by atoms with Gasteiger partial charge in [0.2, 0.25) is 0 Å². The van der Waals surface area contributed by atoms with Crippen LogP contribution in [0.3, 0.4) is 0 Å². The average molecular weight is 250 g/mol. The maximum absolute atomic E-state index is 3.40. The first kappa shape index (κ1) is 14.0. The first-order chi connectivity index (χ1) is 8.19. The molecular formula is C14H22N2S. The van der Waals surface area contributed by atoms with Crippen molar-refractivity contribution in [3.63, 3.8) is 0 Å². The van der Waals surface area contributed by atoms with Crippen molar-refractivity contribution in [3.05, 3.63) is 40.4 Å². The highest BCUT2D eigenvalue weighted by molar-refractivity contribution is 8.04. The zero-order valence-electron chi connectivity index (χ0n) is 11.1. The third-order valence-corrected chi connectivity index (χ3v) is 3.56. The zero-order valence-corrected chi connectivity index (χ0v) is 11.9. The smallest absolute Gasteiger partial charge is 0.0472 e. The van der Waals surface area contributed by atoms with Crippen molar-refractivity contribution in [1.82, 2.24) is 5.32 Å². The van der Waals surface area contributed by atoms with E-state index in [9.17, 15) is 0 Å². The molecule has 0 unspecified atom stereocenters. The molecule has 0 atom stereocenters. The van der Waals surface area contributed by atoms with Gasteiger partial charge in [-0.3, -0.25) is 0 Å². The molecule has 0 radical (unpaired) electrons. The summed E-state index contributed by atoms with van der Waals surface area (Å²) in [7, 11) is 1.99. The zero-order chi connectivity index (χ0) is 12.7. The van der Waals surface area contributed by atoms with Crippen molar-refractivity contribution >= 4 is 17.6 Å². The number of hydrogen-bond donors (Lipinski definition) is 2. The van der Waals surface area contributed by atoms with Crippen LogP contribution in [0.4, 0.5) is 5.69 Å². The third kappa shape index (κ3) is 4.35. The normalized spacial score (nSPS) is 12.0. The molecule has 0 aliphatic rings. The van der Waals surface area contributed by atoms with E-state index in [0.717, 1.165) is 6.42 Å². The SMILES string of the molecule is CCC/C(NC)=C(\C)SNc1ccccc1C. The summed E-state index contributed by atoms with van der Waals surface area (Å²) in [6.45, 7) is 6.47. The first-order valence-electron chi connectivity index (χ1n) is 6.05. The molecule has 0 fully saturated rings. The molecule has 17 heavy (non-hydrogen) atoms. The lowest BCUT2D eigenvalue weighted by atomic mass is 10.2. The second-order valence-corrected chi connectivity index (χ2v) is 5.07. The first-order valence-corrected chi connectivity index (χ1v) is 6.86. The molecule has 94 valence electrons. The monoisotopic (exact) mass is 250 g/mol. The van der Waals surface area contributed by atoms with Gasteiger partial charge in [-0.25, -0.2) is 0 Å². The number of hydrogen-bond acceptors (Lipinski definition) is 3. The quantitative estimate of drug-likeness (QED) is 0.736. The van der Waals surface area contributed by atoms with Crippen molar-refractivity contribution in [1.29, 1.82) is 0 Å². The van der Waals surface area contributed by atoms with Gasteiger partial charge in [0, 0.05) is 23.3 Å². The van der Waals surface area contributed by atoms with Crippen LogP contribution in [0.15, 0.2) is 34.9 Å². The largest absolute Gasteiger partial charge is 0.391 e. The summed E-state index contributed by atoms with van der Waals surface area (Å²) < 4.78 is 3.40. The number of para-hydroxylation sites is 1. The molecule has 0 heterocycles. The Morgan fingerprint density at radius 3 is 2.59 bits per heavy atom. The predicted molar refractivity (Wildman–Crippen MR) is 79.1 cm³/mol. The van der Waals surface area contributed by atoms with E-state index in [1.165, 1.54) is 28.3 Å². The average Bonchev–Trinajstić information content (AvgIpc) is 2.34. The van der Waals surface area contributed by atoms with Crippen LogP contribution in [-0.4, -0.2) is 7.05 Å². The molecule has 0 saturated heterocycles. The second kappa shape index (κ2) is 7.28. The molecule has 0 spiro atoms. The van der Waals surface area contributed by atoms with Gasteiger partial charge in [0.15, 0.2) is 0 Å². The lowest BCUT2D eigenvalue weighted by Crippen LogP contribution is -2.07. The molecule has 0 aliphatic carbocycles. The Labute approximate surface area is 109 Å². The van der Waals surface area contributed by atoms with Crippen molar-refractivity contribution in [2.75, 3.05) is 11.8 Å². The van der Waals surface area contributed by atoms with Gasteiger partial charge in [-0.15, -0.1) is 0 Å². The number of anilines is 1. The van der Waals surface area contributed by atoms with Crippen molar-refractivity contribution < 1.29 is 0 Å². The topological polar surface area (TPSA) is 24.1 Å². The predicted octanol–water partition coefficient (Wildman–Crippen LogP) is 4.31. The minimum absolute atomic E-state index is 1.10. The maximum atomic E-state index is 3.40. The Hall–Kier alpha value is -1.09. The number of allylic oxidation sites excluding steroid dienone is 2. The van der Waals surface area contributed by atoms with Gasteiger partial charge >= 0.3 is 0 Å². The van der Waals surface area contributed by atoms with E-state index in [0.29, 0.717) is 0 Å². The van der Waals surface area contributed by atoms with Crippen LogP contribution in [0.25, 0.3) is 0 Å². The summed E-state index contributed by atoms with van der Waals surface area (Å²) in [6, 6.07) is 8.34. The van der Waals surface area contributed by atoms with E-state index in [4.69, 9.17) is 0 Å². The highest BCUT2D eigenvalue weighted by atomic mass is 32.2. The molecule has 0 aromatic heterocycles. The van der Waals surface area contributed by atoms with Crippen molar-refractivity contribution in [2.24, 2.45) is 0 Å².